The van der Waals surface area contributed by atoms with Gasteiger partial charge in [0.25, 0.3) is 0 Å². The van der Waals surface area contributed by atoms with Crippen LogP contribution in [-0.4, -0.2) is 6.04 Å². The van der Waals surface area contributed by atoms with Gasteiger partial charge in [-0.15, -0.1) is 0 Å². The summed E-state index contributed by atoms with van der Waals surface area (Å²) in [7, 11) is 0. The molecule has 1 aliphatic carbocycles. The minimum Gasteiger partial charge on any atom is -0.307 e. The fourth-order valence-electron chi connectivity index (χ4n) is 3.34. The van der Waals surface area contributed by atoms with Crippen LogP contribution in [0.15, 0.2) is 46.9 Å². The van der Waals surface area contributed by atoms with Crippen molar-refractivity contribution in [3.05, 3.63) is 69.2 Å². The molecule has 0 bridgehead atoms. The van der Waals surface area contributed by atoms with Gasteiger partial charge >= 0.3 is 0 Å². The van der Waals surface area contributed by atoms with Crippen LogP contribution >= 0.6 is 15.9 Å². The first kappa shape index (κ1) is 14.8. The molecule has 0 radical (unpaired) electrons. The molecule has 0 unspecified atom stereocenters. The van der Waals surface area contributed by atoms with Gasteiger partial charge in [0.15, 0.2) is 0 Å². The lowest BCUT2D eigenvalue weighted by molar-refractivity contribution is 0.413. The van der Waals surface area contributed by atoms with Gasteiger partial charge in [0.2, 0.25) is 0 Å². The summed E-state index contributed by atoms with van der Waals surface area (Å²) < 4.78 is 1.24. The lowest BCUT2D eigenvalue weighted by atomic mass is 9.85. The summed E-state index contributed by atoms with van der Waals surface area (Å²) in [5.74, 6) is 0. The van der Waals surface area contributed by atoms with E-state index in [1.54, 1.807) is 5.56 Å². The molecule has 2 aromatic carbocycles. The van der Waals surface area contributed by atoms with E-state index in [4.69, 9.17) is 0 Å². The summed E-state index contributed by atoms with van der Waals surface area (Å²) in [6.45, 7) is 4.49. The minimum absolute atomic E-state index is 0.411. The largest absolute Gasteiger partial charge is 0.307 e. The quantitative estimate of drug-likeness (QED) is 0.829. The number of rotatable bonds is 3. The molecule has 0 spiro atoms. The van der Waals surface area contributed by atoms with Crippen molar-refractivity contribution in [2.45, 2.75) is 45.2 Å². The third kappa shape index (κ3) is 3.22. The Bertz CT molecular complexity index is 621. The van der Waals surface area contributed by atoms with Crippen LogP contribution in [0.1, 0.15) is 41.6 Å². The van der Waals surface area contributed by atoms with E-state index >= 15 is 0 Å². The van der Waals surface area contributed by atoms with E-state index in [2.05, 4.69) is 77.6 Å². The zero-order valence-electron chi connectivity index (χ0n) is 12.7. The third-order valence-corrected chi connectivity index (χ3v) is 5.48. The first-order valence-corrected chi connectivity index (χ1v) is 8.52. The van der Waals surface area contributed by atoms with Crippen molar-refractivity contribution < 1.29 is 0 Å². The number of nitrogens with one attached hydrogen (secondary N) is 1. The van der Waals surface area contributed by atoms with Crippen molar-refractivity contribution in [2.75, 3.05) is 0 Å². The zero-order valence-corrected chi connectivity index (χ0v) is 14.3. The summed E-state index contributed by atoms with van der Waals surface area (Å²) in [4.78, 5) is 0. The number of halogens is 1. The average molecular weight is 344 g/mol. The maximum Gasteiger partial charge on any atom is 0.0294 e. The molecule has 110 valence electrons. The topological polar surface area (TPSA) is 12.0 Å². The van der Waals surface area contributed by atoms with Crippen molar-refractivity contribution in [3.8, 4) is 0 Å². The summed E-state index contributed by atoms with van der Waals surface area (Å²) in [5.41, 5.74) is 5.85. The molecule has 2 aromatic rings. The average Bonchev–Trinajstić information content (AvgIpc) is 2.52. The number of fused-ring (bicyclic) bond motifs is 1. The van der Waals surface area contributed by atoms with Crippen LogP contribution in [0.5, 0.6) is 0 Å². The first-order valence-electron chi connectivity index (χ1n) is 7.73. The standard InChI is InChI=1S/C19H22BrN/c1-13-18-10-9-17(12-16(18)8-11-19(13)20)21-14(2)15-6-4-3-5-7-15/h3-8,11,14,17,21H,9-10,12H2,1-2H3/t14-,17+/m0/s1. The Labute approximate surface area is 135 Å². The van der Waals surface area contributed by atoms with Crippen molar-refractivity contribution in [1.82, 2.24) is 5.32 Å². The van der Waals surface area contributed by atoms with E-state index in [0.29, 0.717) is 12.1 Å². The zero-order chi connectivity index (χ0) is 14.8. The molecule has 2 atom stereocenters. The SMILES string of the molecule is Cc1c(Br)ccc2c1CC[C@@H](N[C@@H](C)c1ccccc1)C2. The highest BCUT2D eigenvalue weighted by atomic mass is 79.9. The maximum atomic E-state index is 3.80. The van der Waals surface area contributed by atoms with E-state index in [1.165, 1.54) is 34.0 Å². The Hall–Kier alpha value is -1.12. The molecule has 0 aliphatic heterocycles. The Kier molecular flexibility index (Phi) is 4.46. The van der Waals surface area contributed by atoms with Gasteiger partial charge in [-0.3, -0.25) is 0 Å². The van der Waals surface area contributed by atoms with Crippen LogP contribution in [-0.2, 0) is 12.8 Å². The van der Waals surface area contributed by atoms with E-state index in [0.717, 1.165) is 6.42 Å². The van der Waals surface area contributed by atoms with E-state index < -0.39 is 0 Å². The molecule has 1 N–H and O–H groups in total. The third-order valence-electron chi connectivity index (χ3n) is 4.62. The van der Waals surface area contributed by atoms with E-state index in [9.17, 15) is 0 Å². The molecule has 0 amide bonds. The fourth-order valence-corrected chi connectivity index (χ4v) is 3.71. The van der Waals surface area contributed by atoms with Gasteiger partial charge in [0.05, 0.1) is 0 Å². The Morgan fingerprint density at radius 2 is 1.90 bits per heavy atom. The minimum atomic E-state index is 0.411. The van der Waals surface area contributed by atoms with Crippen molar-refractivity contribution in [1.29, 1.82) is 0 Å². The van der Waals surface area contributed by atoms with Crippen LogP contribution in [0.25, 0.3) is 0 Å². The number of hydrogen-bond acceptors (Lipinski definition) is 1. The van der Waals surface area contributed by atoms with E-state index in [-0.39, 0.29) is 0 Å². The molecule has 3 rings (SSSR count). The highest BCUT2D eigenvalue weighted by molar-refractivity contribution is 9.10. The second-order valence-electron chi connectivity index (χ2n) is 6.05. The smallest absolute Gasteiger partial charge is 0.0294 e. The van der Waals surface area contributed by atoms with Gasteiger partial charge < -0.3 is 5.32 Å². The van der Waals surface area contributed by atoms with Gasteiger partial charge in [0.1, 0.15) is 0 Å². The number of hydrogen-bond donors (Lipinski definition) is 1. The molecule has 0 saturated carbocycles. The molecule has 21 heavy (non-hydrogen) atoms. The normalized spacial score (nSPS) is 19.1. The molecule has 0 saturated heterocycles. The lowest BCUT2D eigenvalue weighted by Crippen LogP contribution is -2.36. The summed E-state index contributed by atoms with van der Waals surface area (Å²) in [6.07, 6.45) is 3.54. The highest BCUT2D eigenvalue weighted by Gasteiger charge is 2.22. The van der Waals surface area contributed by atoms with Crippen LogP contribution in [0.2, 0.25) is 0 Å². The molecular weight excluding hydrogens is 322 g/mol. The number of benzene rings is 2. The Balaban J connectivity index is 1.71. The second-order valence-corrected chi connectivity index (χ2v) is 6.90. The Morgan fingerprint density at radius 3 is 2.67 bits per heavy atom. The lowest BCUT2D eigenvalue weighted by Gasteiger charge is -2.30. The van der Waals surface area contributed by atoms with Gasteiger partial charge in [-0.1, -0.05) is 52.3 Å². The summed E-state index contributed by atoms with van der Waals surface area (Å²) in [5, 5.41) is 3.80. The van der Waals surface area contributed by atoms with Gasteiger partial charge in [-0.25, -0.2) is 0 Å². The molecular formula is C19H22BrN. The fraction of sp³-hybridized carbons (Fsp3) is 0.368. The second kappa shape index (κ2) is 6.33. The predicted molar refractivity (Wildman–Crippen MR) is 92.7 cm³/mol. The van der Waals surface area contributed by atoms with Gasteiger partial charge in [0, 0.05) is 16.6 Å². The van der Waals surface area contributed by atoms with Crippen LogP contribution < -0.4 is 5.32 Å². The van der Waals surface area contributed by atoms with Gasteiger partial charge in [-0.05, 0) is 61.4 Å². The van der Waals surface area contributed by atoms with Crippen LogP contribution in [0.4, 0.5) is 0 Å². The monoisotopic (exact) mass is 343 g/mol. The predicted octanol–water partition coefficient (Wildman–Crippen LogP) is 4.97. The van der Waals surface area contributed by atoms with Crippen molar-refractivity contribution in [3.63, 3.8) is 0 Å². The molecule has 0 heterocycles. The molecule has 1 aliphatic rings. The summed E-state index contributed by atoms with van der Waals surface area (Å²) >= 11 is 3.64. The highest BCUT2D eigenvalue weighted by Crippen LogP contribution is 2.30. The molecule has 0 fully saturated rings. The Morgan fingerprint density at radius 1 is 1.14 bits per heavy atom. The first-order chi connectivity index (χ1) is 10.1. The van der Waals surface area contributed by atoms with Gasteiger partial charge in [-0.2, -0.15) is 0 Å². The molecule has 0 aromatic heterocycles. The maximum absolute atomic E-state index is 3.80. The van der Waals surface area contributed by atoms with Crippen molar-refractivity contribution >= 4 is 15.9 Å². The van der Waals surface area contributed by atoms with E-state index in [1.807, 2.05) is 0 Å². The summed E-state index contributed by atoms with van der Waals surface area (Å²) in [6, 6.07) is 16.2. The van der Waals surface area contributed by atoms with Crippen LogP contribution in [0, 0.1) is 6.92 Å². The van der Waals surface area contributed by atoms with Crippen LogP contribution in [0.3, 0.4) is 0 Å². The molecule has 1 nitrogen and oxygen atoms in total. The van der Waals surface area contributed by atoms with Crippen molar-refractivity contribution in [2.24, 2.45) is 0 Å². The molecule has 2 heteroatoms.